The highest BCUT2D eigenvalue weighted by Crippen LogP contribution is 2.36. The normalized spacial score (nSPS) is 12.7. The Kier molecular flexibility index (Phi) is 5.02. The van der Waals surface area contributed by atoms with Gasteiger partial charge in [0.25, 0.3) is 6.01 Å². The predicted octanol–water partition coefficient (Wildman–Crippen LogP) is 4.83. The highest BCUT2D eigenvalue weighted by Gasteiger charge is 2.32. The van der Waals surface area contributed by atoms with Gasteiger partial charge in [-0.1, -0.05) is 11.6 Å². The quantitative estimate of drug-likeness (QED) is 0.477. The number of aryl methyl sites for hydroxylation is 1. The Morgan fingerprint density at radius 3 is 2.68 bits per heavy atom. The molecule has 0 amide bonds. The molecule has 0 saturated heterocycles. The molecular weight excluding hydrogens is 435 g/mol. The largest absolute Gasteiger partial charge is 0.422 e. The van der Waals surface area contributed by atoms with Crippen molar-refractivity contribution in [2.24, 2.45) is 0 Å². The van der Waals surface area contributed by atoms with Crippen LogP contribution < -0.4 is 5.32 Å². The fraction of sp³-hybridized carbons (Fsp3) is 0.211. The van der Waals surface area contributed by atoms with E-state index in [1.54, 1.807) is 26.0 Å². The van der Waals surface area contributed by atoms with Gasteiger partial charge in [-0.25, -0.2) is 9.97 Å². The topological polar surface area (TPSA) is 105 Å². The van der Waals surface area contributed by atoms with Crippen LogP contribution in [0.25, 0.3) is 16.9 Å². The number of hydrogen-bond donors (Lipinski definition) is 1. The molecule has 0 spiro atoms. The van der Waals surface area contributed by atoms with Gasteiger partial charge in [0.15, 0.2) is 17.2 Å². The number of nitrogens with one attached hydrogen (secondary N) is 1. The van der Waals surface area contributed by atoms with E-state index in [-0.39, 0.29) is 22.1 Å². The zero-order valence-electron chi connectivity index (χ0n) is 16.1. The summed E-state index contributed by atoms with van der Waals surface area (Å²) in [5.74, 6) is 1.38. The number of nitriles is 1. The van der Waals surface area contributed by atoms with Gasteiger partial charge in [0, 0.05) is 6.20 Å². The van der Waals surface area contributed by atoms with Crippen molar-refractivity contribution in [3.05, 3.63) is 58.3 Å². The number of anilines is 1. The highest BCUT2D eigenvalue weighted by atomic mass is 35.5. The Labute approximate surface area is 178 Å². The Morgan fingerprint density at radius 2 is 2.03 bits per heavy atom. The summed E-state index contributed by atoms with van der Waals surface area (Å²) in [6.07, 6.45) is -3.14. The second kappa shape index (κ2) is 7.55. The van der Waals surface area contributed by atoms with E-state index < -0.39 is 17.8 Å². The van der Waals surface area contributed by atoms with E-state index >= 15 is 0 Å². The van der Waals surface area contributed by atoms with E-state index in [0.717, 1.165) is 12.1 Å². The Balaban J connectivity index is 1.66. The van der Waals surface area contributed by atoms with Gasteiger partial charge in [-0.15, -0.1) is 5.10 Å². The summed E-state index contributed by atoms with van der Waals surface area (Å²) < 4.78 is 46.0. The third-order valence-corrected chi connectivity index (χ3v) is 4.61. The first-order chi connectivity index (χ1) is 14.7. The third kappa shape index (κ3) is 4.02. The van der Waals surface area contributed by atoms with Crippen LogP contribution >= 0.6 is 11.6 Å². The molecule has 0 radical (unpaired) electrons. The molecule has 1 atom stereocenters. The molecule has 8 nitrogen and oxygen atoms in total. The predicted molar refractivity (Wildman–Crippen MR) is 105 cm³/mol. The number of fused-ring (bicyclic) bond motifs is 1. The summed E-state index contributed by atoms with van der Waals surface area (Å²) in [5.41, 5.74) is -0.508. The molecule has 4 rings (SSSR count). The molecule has 1 N–H and O–H groups in total. The zero-order chi connectivity index (χ0) is 22.3. The second-order valence-corrected chi connectivity index (χ2v) is 7.04. The second-order valence-electron chi connectivity index (χ2n) is 6.64. The number of benzene rings is 1. The maximum absolute atomic E-state index is 13.0. The van der Waals surface area contributed by atoms with Gasteiger partial charge >= 0.3 is 6.18 Å². The van der Waals surface area contributed by atoms with Crippen LogP contribution in [0.4, 0.5) is 19.2 Å². The van der Waals surface area contributed by atoms with Crippen LogP contribution in [0, 0.1) is 18.3 Å². The van der Waals surface area contributed by atoms with Crippen LogP contribution in [0.5, 0.6) is 0 Å². The first-order valence-corrected chi connectivity index (χ1v) is 9.27. The summed E-state index contributed by atoms with van der Waals surface area (Å²) in [4.78, 5) is 12.7. The molecule has 4 aromatic rings. The van der Waals surface area contributed by atoms with Crippen LogP contribution in [0.15, 0.2) is 34.9 Å². The lowest BCUT2D eigenvalue weighted by Gasteiger charge is -2.12. The number of halogens is 4. The number of pyridine rings is 1. The van der Waals surface area contributed by atoms with Crippen LogP contribution in [0.3, 0.4) is 0 Å². The molecular formula is C19H13ClF3N7O. The zero-order valence-corrected chi connectivity index (χ0v) is 16.8. The number of hydrogen-bond acceptors (Lipinski definition) is 7. The lowest BCUT2D eigenvalue weighted by Crippen LogP contribution is -2.14. The molecule has 3 aromatic heterocycles. The van der Waals surface area contributed by atoms with Crippen LogP contribution in [0.2, 0.25) is 5.02 Å². The molecule has 158 valence electrons. The maximum Gasteiger partial charge on any atom is 0.416 e. The van der Waals surface area contributed by atoms with Crippen molar-refractivity contribution in [1.82, 2.24) is 24.7 Å². The smallest absolute Gasteiger partial charge is 0.416 e. The number of nitrogens with zero attached hydrogens (tertiary/aromatic N) is 6. The Bertz CT molecular complexity index is 1310. The van der Waals surface area contributed by atoms with Gasteiger partial charge in [-0.2, -0.15) is 28.1 Å². The average molecular weight is 448 g/mol. The molecule has 0 saturated carbocycles. The van der Waals surface area contributed by atoms with Gasteiger partial charge in [-0.05, 0) is 38.1 Å². The summed E-state index contributed by atoms with van der Waals surface area (Å²) in [6.45, 7) is 3.45. The minimum Gasteiger partial charge on any atom is -0.422 e. The van der Waals surface area contributed by atoms with Crippen molar-refractivity contribution in [2.45, 2.75) is 26.1 Å². The van der Waals surface area contributed by atoms with Crippen molar-refractivity contribution in [2.75, 3.05) is 5.32 Å². The van der Waals surface area contributed by atoms with Crippen LogP contribution in [0.1, 0.15) is 35.7 Å². The van der Waals surface area contributed by atoms with E-state index in [0.29, 0.717) is 23.0 Å². The summed E-state index contributed by atoms with van der Waals surface area (Å²) in [6, 6.07) is 6.34. The molecule has 12 heteroatoms. The van der Waals surface area contributed by atoms with Gasteiger partial charge in [0.1, 0.15) is 17.4 Å². The fourth-order valence-electron chi connectivity index (χ4n) is 2.92. The minimum absolute atomic E-state index is 0.0243. The summed E-state index contributed by atoms with van der Waals surface area (Å²) >= 11 is 5.95. The number of alkyl halides is 3. The SMILES string of the molecule is Cc1nc([C@H](C)Nc2nc3cc(C(F)(F)F)cc(Cl)c3o2)n(-c2ccc(C#N)cn2)n1. The molecule has 0 aliphatic heterocycles. The van der Waals surface area contributed by atoms with Crippen molar-refractivity contribution < 1.29 is 17.6 Å². The van der Waals surface area contributed by atoms with E-state index in [9.17, 15) is 13.2 Å². The molecule has 0 aliphatic rings. The lowest BCUT2D eigenvalue weighted by atomic mass is 10.2. The van der Waals surface area contributed by atoms with Gasteiger partial charge < -0.3 is 9.73 Å². The van der Waals surface area contributed by atoms with E-state index in [1.165, 1.54) is 10.9 Å². The summed E-state index contributed by atoms with van der Waals surface area (Å²) in [7, 11) is 0. The van der Waals surface area contributed by atoms with Crippen molar-refractivity contribution >= 4 is 28.7 Å². The van der Waals surface area contributed by atoms with Gasteiger partial charge in [0.05, 0.1) is 22.2 Å². The first-order valence-electron chi connectivity index (χ1n) is 8.89. The molecule has 0 unspecified atom stereocenters. The molecule has 31 heavy (non-hydrogen) atoms. The number of aromatic nitrogens is 5. The highest BCUT2D eigenvalue weighted by molar-refractivity contribution is 6.34. The van der Waals surface area contributed by atoms with E-state index in [2.05, 4.69) is 25.4 Å². The van der Waals surface area contributed by atoms with E-state index in [1.807, 2.05) is 6.07 Å². The molecule has 0 fully saturated rings. The minimum atomic E-state index is -4.56. The van der Waals surface area contributed by atoms with Crippen molar-refractivity contribution in [3.63, 3.8) is 0 Å². The van der Waals surface area contributed by atoms with E-state index in [4.69, 9.17) is 21.3 Å². The van der Waals surface area contributed by atoms with Crippen LogP contribution in [-0.4, -0.2) is 24.7 Å². The summed E-state index contributed by atoms with van der Waals surface area (Å²) in [5, 5.41) is 16.0. The van der Waals surface area contributed by atoms with Crippen molar-refractivity contribution in [3.8, 4) is 11.9 Å². The first kappa shape index (κ1) is 20.6. The molecule has 0 bridgehead atoms. The number of rotatable bonds is 4. The maximum atomic E-state index is 13.0. The third-order valence-electron chi connectivity index (χ3n) is 4.33. The number of oxazole rings is 1. The van der Waals surface area contributed by atoms with Crippen LogP contribution in [-0.2, 0) is 6.18 Å². The Morgan fingerprint density at radius 1 is 1.26 bits per heavy atom. The standard InChI is InChI=1S/C19H13ClF3N7O/c1-9(17-27-10(2)29-30(17)15-4-3-11(7-24)8-25-15)26-18-28-14-6-12(19(21,22)23)5-13(20)16(14)31-18/h3-6,8-9H,1-2H3,(H,26,28)/t9-/m0/s1. The Hall–Kier alpha value is -3.65. The molecule has 1 aromatic carbocycles. The van der Waals surface area contributed by atoms with Gasteiger partial charge in [0.2, 0.25) is 0 Å². The average Bonchev–Trinajstić information content (AvgIpc) is 3.30. The molecule has 3 heterocycles. The fourth-order valence-corrected chi connectivity index (χ4v) is 3.18. The van der Waals surface area contributed by atoms with Gasteiger partial charge in [-0.3, -0.25) is 0 Å². The van der Waals surface area contributed by atoms with Crippen molar-refractivity contribution in [1.29, 1.82) is 5.26 Å². The monoisotopic (exact) mass is 447 g/mol. The lowest BCUT2D eigenvalue weighted by molar-refractivity contribution is -0.137. The molecule has 0 aliphatic carbocycles.